The second-order valence-corrected chi connectivity index (χ2v) is 6.37. The molecule has 0 aromatic heterocycles. The third-order valence-electron chi connectivity index (χ3n) is 2.37. The highest BCUT2D eigenvalue weighted by atomic mass is 33.1. The van der Waals surface area contributed by atoms with Crippen LogP contribution in [0.1, 0.15) is 0 Å². The maximum Gasteiger partial charge on any atom is 0.573 e. The van der Waals surface area contributed by atoms with E-state index >= 15 is 0 Å². The molecule has 0 saturated carbocycles. The Kier molecular flexibility index (Phi) is 5.81. The van der Waals surface area contributed by atoms with Crippen molar-refractivity contribution in [2.24, 2.45) is 0 Å². The predicted octanol–water partition coefficient (Wildman–Crippen LogP) is 6.28. The highest BCUT2D eigenvalue weighted by molar-refractivity contribution is 8.76. The third kappa shape index (κ3) is 6.08. The van der Waals surface area contributed by atoms with Crippen molar-refractivity contribution in [3.63, 3.8) is 0 Å². The number of para-hydroxylation sites is 2. The van der Waals surface area contributed by atoms with Gasteiger partial charge < -0.3 is 9.47 Å². The molecule has 2 nitrogen and oxygen atoms in total. The van der Waals surface area contributed by atoms with Crippen molar-refractivity contribution >= 4 is 21.6 Å². The lowest BCUT2D eigenvalue weighted by atomic mass is 10.3. The van der Waals surface area contributed by atoms with Crippen LogP contribution < -0.4 is 9.47 Å². The van der Waals surface area contributed by atoms with Gasteiger partial charge in [0.2, 0.25) is 0 Å². The Hall–Kier alpha value is -1.68. The first-order valence-corrected chi connectivity index (χ1v) is 8.33. The molecule has 0 aliphatic rings. The molecule has 0 aliphatic carbocycles. The van der Waals surface area contributed by atoms with Gasteiger partial charge in [0.25, 0.3) is 0 Å². The molecule has 0 spiro atoms. The molecule has 0 unspecified atom stereocenters. The average Bonchev–Trinajstić information content (AvgIpc) is 2.44. The lowest BCUT2D eigenvalue weighted by molar-refractivity contribution is -0.276. The van der Waals surface area contributed by atoms with Gasteiger partial charge in [0.05, 0.1) is 9.79 Å². The molecule has 2 rings (SSSR count). The lowest BCUT2D eigenvalue weighted by Gasteiger charge is -2.14. The van der Waals surface area contributed by atoms with Crippen molar-refractivity contribution in [3.05, 3.63) is 48.5 Å². The zero-order chi connectivity index (χ0) is 17.8. The van der Waals surface area contributed by atoms with Crippen molar-refractivity contribution < 1.29 is 35.8 Å². The summed E-state index contributed by atoms with van der Waals surface area (Å²) in [6.07, 6.45) is -9.72. The van der Waals surface area contributed by atoms with Crippen molar-refractivity contribution in [1.82, 2.24) is 0 Å². The van der Waals surface area contributed by atoms with Gasteiger partial charge in [-0.25, -0.2) is 0 Å². The smallest absolute Gasteiger partial charge is 0.405 e. The van der Waals surface area contributed by atoms with E-state index in [0.717, 1.165) is 33.7 Å². The van der Waals surface area contributed by atoms with E-state index in [9.17, 15) is 26.3 Å². The fourth-order valence-corrected chi connectivity index (χ4v) is 3.74. The first-order valence-electron chi connectivity index (χ1n) is 6.18. The second-order valence-electron chi connectivity index (χ2n) is 4.16. The summed E-state index contributed by atoms with van der Waals surface area (Å²) in [4.78, 5) is 0.225. The van der Waals surface area contributed by atoms with Crippen LogP contribution in [0, 0.1) is 0 Å². The fourth-order valence-electron chi connectivity index (χ4n) is 1.55. The lowest BCUT2D eigenvalue weighted by Crippen LogP contribution is -2.17. The largest absolute Gasteiger partial charge is 0.573 e. The number of ether oxygens (including phenoxy) is 2. The molecule has 0 heterocycles. The first-order chi connectivity index (χ1) is 11.1. The third-order valence-corrected chi connectivity index (χ3v) is 4.82. The number of hydrogen-bond acceptors (Lipinski definition) is 4. The van der Waals surface area contributed by atoms with Crippen LogP contribution in [0.4, 0.5) is 26.3 Å². The molecular weight excluding hydrogens is 378 g/mol. The maximum atomic E-state index is 12.4. The summed E-state index contributed by atoms with van der Waals surface area (Å²) in [6.45, 7) is 0. The van der Waals surface area contributed by atoms with Crippen LogP contribution in [-0.4, -0.2) is 12.7 Å². The van der Waals surface area contributed by atoms with Crippen LogP contribution in [0.3, 0.4) is 0 Å². The minimum absolute atomic E-state index is 0.113. The van der Waals surface area contributed by atoms with Crippen LogP contribution in [0.15, 0.2) is 58.3 Å². The minimum Gasteiger partial charge on any atom is -0.405 e. The van der Waals surface area contributed by atoms with Crippen LogP contribution in [-0.2, 0) is 0 Å². The van der Waals surface area contributed by atoms with Crippen molar-refractivity contribution in [2.45, 2.75) is 22.5 Å². The van der Waals surface area contributed by atoms with E-state index in [2.05, 4.69) is 9.47 Å². The van der Waals surface area contributed by atoms with E-state index in [4.69, 9.17) is 0 Å². The molecule has 24 heavy (non-hydrogen) atoms. The normalized spacial score (nSPS) is 12.1. The topological polar surface area (TPSA) is 18.5 Å². The van der Waals surface area contributed by atoms with E-state index in [-0.39, 0.29) is 9.79 Å². The number of benzene rings is 2. The molecule has 10 heteroatoms. The maximum absolute atomic E-state index is 12.4. The Bertz CT molecular complexity index is 628. The Labute approximate surface area is 140 Å². The molecule has 0 radical (unpaired) electrons. The summed E-state index contributed by atoms with van der Waals surface area (Å²) in [5, 5.41) is 0. The van der Waals surface area contributed by atoms with E-state index < -0.39 is 24.2 Å². The van der Waals surface area contributed by atoms with Gasteiger partial charge in [-0.3, -0.25) is 0 Å². The molecule has 2 aromatic rings. The van der Waals surface area contributed by atoms with Crippen LogP contribution in [0.2, 0.25) is 0 Å². The van der Waals surface area contributed by atoms with Crippen molar-refractivity contribution in [3.8, 4) is 11.5 Å². The van der Waals surface area contributed by atoms with Crippen LogP contribution in [0.25, 0.3) is 0 Å². The van der Waals surface area contributed by atoms with Crippen molar-refractivity contribution in [1.29, 1.82) is 0 Å². The molecule has 2 aromatic carbocycles. The van der Waals surface area contributed by atoms with Gasteiger partial charge in [0, 0.05) is 0 Å². The van der Waals surface area contributed by atoms with Gasteiger partial charge >= 0.3 is 12.7 Å². The predicted molar refractivity (Wildman–Crippen MR) is 78.0 cm³/mol. The summed E-state index contributed by atoms with van der Waals surface area (Å²) < 4.78 is 81.9. The first kappa shape index (κ1) is 18.7. The molecule has 0 amide bonds. The van der Waals surface area contributed by atoms with E-state index in [1.165, 1.54) is 36.4 Å². The molecule has 0 saturated heterocycles. The van der Waals surface area contributed by atoms with Gasteiger partial charge in [-0.15, -0.1) is 26.3 Å². The molecule has 0 bridgehead atoms. The average molecular weight is 386 g/mol. The Morgan fingerprint density at radius 1 is 0.583 bits per heavy atom. The molecule has 0 atom stereocenters. The van der Waals surface area contributed by atoms with E-state index in [0.29, 0.717) is 0 Å². The molecule has 0 fully saturated rings. The highest BCUT2D eigenvalue weighted by Gasteiger charge is 2.33. The van der Waals surface area contributed by atoms with Crippen LogP contribution >= 0.6 is 21.6 Å². The highest BCUT2D eigenvalue weighted by Crippen LogP contribution is 2.46. The van der Waals surface area contributed by atoms with Gasteiger partial charge in [-0.2, -0.15) is 0 Å². The van der Waals surface area contributed by atoms with Crippen molar-refractivity contribution in [2.75, 3.05) is 0 Å². The summed E-state index contributed by atoms with van der Waals surface area (Å²) in [6, 6.07) is 10.7. The quantitative estimate of drug-likeness (QED) is 0.444. The summed E-state index contributed by atoms with van der Waals surface area (Å²) >= 11 is 0. The number of rotatable bonds is 5. The Morgan fingerprint density at radius 2 is 0.917 bits per heavy atom. The van der Waals surface area contributed by atoms with Crippen LogP contribution in [0.5, 0.6) is 11.5 Å². The summed E-state index contributed by atoms with van der Waals surface area (Å²) in [7, 11) is 1.65. The Balaban J connectivity index is 2.15. The van der Waals surface area contributed by atoms with Gasteiger partial charge in [0.1, 0.15) is 11.5 Å². The van der Waals surface area contributed by atoms with E-state index in [1.54, 1.807) is 0 Å². The molecule has 0 aliphatic heterocycles. The Morgan fingerprint density at radius 3 is 1.25 bits per heavy atom. The standard InChI is InChI=1S/C14H8F6O2S2/c15-13(16,17)21-9-5-1-3-7-11(9)23-24-12-8-4-2-6-10(12)22-14(18,19)20/h1-8H. The summed E-state index contributed by atoms with van der Waals surface area (Å²) in [5.74, 6) is -0.867. The van der Waals surface area contributed by atoms with Gasteiger partial charge in [-0.1, -0.05) is 24.3 Å². The zero-order valence-corrected chi connectivity index (χ0v) is 13.2. The molecular formula is C14H8F6O2S2. The minimum atomic E-state index is -4.86. The number of alkyl halides is 6. The number of hydrogen-bond donors (Lipinski definition) is 0. The summed E-state index contributed by atoms with van der Waals surface area (Å²) in [5.41, 5.74) is 0. The monoisotopic (exact) mass is 386 g/mol. The molecule has 130 valence electrons. The SMILES string of the molecule is FC(F)(F)Oc1ccccc1SSc1ccccc1OC(F)(F)F. The number of halogens is 6. The van der Waals surface area contributed by atoms with Gasteiger partial charge in [-0.05, 0) is 45.9 Å². The fraction of sp³-hybridized carbons (Fsp3) is 0.143. The van der Waals surface area contributed by atoms with E-state index in [1.807, 2.05) is 0 Å². The van der Waals surface area contributed by atoms with Gasteiger partial charge in [0.15, 0.2) is 0 Å². The zero-order valence-electron chi connectivity index (χ0n) is 11.5. The molecule has 0 N–H and O–H groups in total. The second kappa shape index (κ2) is 7.47.